The van der Waals surface area contributed by atoms with Crippen LogP contribution in [-0.4, -0.2) is 41.2 Å². The summed E-state index contributed by atoms with van der Waals surface area (Å²) in [4.78, 5) is 32.7. The maximum Gasteiger partial charge on any atom is 0.422 e. The van der Waals surface area contributed by atoms with Gasteiger partial charge in [0.1, 0.15) is 11.3 Å². The fraction of sp³-hybridized carbons (Fsp3) is 0.385. The average molecular weight is 350 g/mol. The number of aliphatic carboxylic acids is 1. The number of carboxylic acid groups (broad SMARTS) is 1. The van der Waals surface area contributed by atoms with Gasteiger partial charge in [0.2, 0.25) is 0 Å². The quantitative estimate of drug-likeness (QED) is 0.573. The van der Waals surface area contributed by atoms with Crippen LogP contribution in [0.5, 0.6) is 5.75 Å². The van der Waals surface area contributed by atoms with Gasteiger partial charge in [-0.3, -0.25) is 19.7 Å². The number of rotatable bonds is 7. The maximum atomic E-state index is 12.1. The van der Waals surface area contributed by atoms with Crippen molar-refractivity contribution < 1.29 is 37.5 Å². The molecule has 0 aliphatic rings. The second-order valence-electron chi connectivity index (χ2n) is 4.79. The van der Waals surface area contributed by atoms with E-state index in [1.165, 1.54) is 6.92 Å². The van der Waals surface area contributed by atoms with Crippen LogP contribution < -0.4 is 10.1 Å². The average Bonchev–Trinajstić information content (AvgIpc) is 2.48. The highest BCUT2D eigenvalue weighted by molar-refractivity contribution is 5.98. The van der Waals surface area contributed by atoms with Crippen molar-refractivity contribution in [1.29, 1.82) is 0 Å². The molecule has 0 fully saturated rings. The third-order valence-electron chi connectivity index (χ3n) is 2.80. The monoisotopic (exact) mass is 350 g/mol. The van der Waals surface area contributed by atoms with Crippen LogP contribution in [0.4, 0.5) is 18.9 Å². The summed E-state index contributed by atoms with van der Waals surface area (Å²) in [6, 6.07) is 2.56. The molecule has 0 heterocycles. The van der Waals surface area contributed by atoms with Crippen molar-refractivity contribution in [3.63, 3.8) is 0 Å². The van der Waals surface area contributed by atoms with Gasteiger partial charge in [-0.05, 0) is 12.1 Å². The van der Waals surface area contributed by atoms with E-state index in [1.807, 2.05) is 0 Å². The molecule has 24 heavy (non-hydrogen) atoms. The number of amides is 1. The van der Waals surface area contributed by atoms with Gasteiger partial charge in [0.05, 0.1) is 10.8 Å². The summed E-state index contributed by atoms with van der Waals surface area (Å²) in [6.45, 7) is -0.624. The van der Waals surface area contributed by atoms with Crippen LogP contribution in [0.2, 0.25) is 0 Å². The lowest BCUT2D eigenvalue weighted by Crippen LogP contribution is -2.31. The number of carboxylic acids is 1. The van der Waals surface area contributed by atoms with Gasteiger partial charge in [0.15, 0.2) is 6.61 Å². The Morgan fingerprint density at radius 3 is 2.54 bits per heavy atom. The molecule has 0 aliphatic carbocycles. The minimum Gasteiger partial charge on any atom is -0.484 e. The largest absolute Gasteiger partial charge is 0.484 e. The highest BCUT2D eigenvalue weighted by Gasteiger charge is 2.29. The highest BCUT2D eigenvalue weighted by atomic mass is 19.4. The normalized spacial score (nSPS) is 12.3. The SMILES string of the molecule is CC(CNC(=O)c1cc(OCC(F)(F)F)ccc1[N+](=O)[O-])C(=O)O. The second kappa shape index (κ2) is 7.62. The molecule has 1 aromatic carbocycles. The van der Waals surface area contributed by atoms with Gasteiger partial charge in [-0.2, -0.15) is 13.2 Å². The van der Waals surface area contributed by atoms with Gasteiger partial charge in [0, 0.05) is 12.6 Å². The van der Waals surface area contributed by atoms with Crippen LogP contribution >= 0.6 is 0 Å². The summed E-state index contributed by atoms with van der Waals surface area (Å²) in [5, 5.41) is 21.8. The van der Waals surface area contributed by atoms with Crippen LogP contribution in [0.3, 0.4) is 0 Å². The lowest BCUT2D eigenvalue weighted by molar-refractivity contribution is -0.385. The van der Waals surface area contributed by atoms with E-state index in [9.17, 15) is 32.9 Å². The molecule has 0 saturated heterocycles. The number of benzene rings is 1. The standard InChI is InChI=1S/C13H13F3N2O6/c1-7(12(20)21)5-17-11(19)9-4-8(24-6-13(14,15)16)2-3-10(9)18(22)23/h2-4,7H,5-6H2,1H3,(H,17,19)(H,20,21). The fourth-order valence-corrected chi connectivity index (χ4v) is 1.54. The highest BCUT2D eigenvalue weighted by Crippen LogP contribution is 2.25. The Bertz CT molecular complexity index is 647. The predicted molar refractivity (Wildman–Crippen MR) is 73.8 cm³/mol. The van der Waals surface area contributed by atoms with Crippen LogP contribution in [-0.2, 0) is 4.79 Å². The molecule has 0 bridgehead atoms. The summed E-state index contributed by atoms with van der Waals surface area (Å²) in [5.74, 6) is -3.51. The molecule has 0 saturated carbocycles. The third-order valence-corrected chi connectivity index (χ3v) is 2.80. The van der Waals surface area contributed by atoms with E-state index in [2.05, 4.69) is 10.1 Å². The van der Waals surface area contributed by atoms with E-state index in [0.29, 0.717) is 0 Å². The van der Waals surface area contributed by atoms with Crippen LogP contribution in [0.25, 0.3) is 0 Å². The molecule has 0 aromatic heterocycles. The van der Waals surface area contributed by atoms with Crippen molar-refractivity contribution in [2.24, 2.45) is 5.92 Å². The molecular weight excluding hydrogens is 337 g/mol. The number of nitro groups is 1. The smallest absolute Gasteiger partial charge is 0.422 e. The molecule has 0 spiro atoms. The molecule has 8 nitrogen and oxygen atoms in total. The number of nitrogens with zero attached hydrogens (tertiary/aromatic N) is 1. The summed E-state index contributed by atoms with van der Waals surface area (Å²) >= 11 is 0. The number of hydrogen-bond donors (Lipinski definition) is 2. The number of carbonyl (C=O) groups is 2. The fourth-order valence-electron chi connectivity index (χ4n) is 1.54. The van der Waals surface area contributed by atoms with E-state index in [-0.39, 0.29) is 12.3 Å². The van der Waals surface area contributed by atoms with E-state index in [1.54, 1.807) is 0 Å². The van der Waals surface area contributed by atoms with Crippen molar-refractivity contribution in [1.82, 2.24) is 5.32 Å². The second-order valence-corrected chi connectivity index (χ2v) is 4.79. The molecule has 2 N–H and O–H groups in total. The molecule has 1 aromatic rings. The van der Waals surface area contributed by atoms with Crippen molar-refractivity contribution in [3.05, 3.63) is 33.9 Å². The number of hydrogen-bond acceptors (Lipinski definition) is 5. The molecule has 1 amide bonds. The topological polar surface area (TPSA) is 119 Å². The van der Waals surface area contributed by atoms with E-state index in [4.69, 9.17) is 5.11 Å². The molecule has 1 atom stereocenters. The zero-order chi connectivity index (χ0) is 18.5. The predicted octanol–water partition coefficient (Wildman–Crippen LogP) is 1.99. The van der Waals surface area contributed by atoms with Gasteiger partial charge < -0.3 is 15.2 Å². The summed E-state index contributed by atoms with van der Waals surface area (Å²) in [6.07, 6.45) is -4.61. The first kappa shape index (κ1) is 19.2. The number of nitro benzene ring substituents is 1. The van der Waals surface area contributed by atoms with Gasteiger partial charge in [0.25, 0.3) is 11.6 Å². The Labute approximate surface area is 133 Å². The maximum absolute atomic E-state index is 12.1. The number of ether oxygens (including phenoxy) is 1. The Kier molecular flexibility index (Phi) is 6.09. The Morgan fingerprint density at radius 2 is 2.04 bits per heavy atom. The Balaban J connectivity index is 2.98. The van der Waals surface area contributed by atoms with Gasteiger partial charge in [-0.25, -0.2) is 0 Å². The molecule has 11 heteroatoms. The molecule has 1 rings (SSSR count). The minimum atomic E-state index is -4.61. The number of nitrogens with one attached hydrogen (secondary N) is 1. The zero-order valence-electron chi connectivity index (χ0n) is 12.3. The molecule has 132 valence electrons. The first-order valence-electron chi connectivity index (χ1n) is 6.50. The molecule has 0 radical (unpaired) electrons. The molecular formula is C13H13F3N2O6. The van der Waals surface area contributed by atoms with E-state index in [0.717, 1.165) is 18.2 Å². The van der Waals surface area contributed by atoms with Gasteiger partial charge >= 0.3 is 12.1 Å². The minimum absolute atomic E-state index is 0.307. The lowest BCUT2D eigenvalue weighted by Gasteiger charge is -2.11. The summed E-state index contributed by atoms with van der Waals surface area (Å²) < 4.78 is 40.8. The third kappa shape index (κ3) is 5.74. The first-order valence-corrected chi connectivity index (χ1v) is 6.50. The summed E-state index contributed by atoms with van der Waals surface area (Å²) in [5.41, 5.74) is -1.17. The molecule has 1 unspecified atom stereocenters. The Morgan fingerprint density at radius 1 is 1.42 bits per heavy atom. The van der Waals surface area contributed by atoms with Crippen LogP contribution in [0.1, 0.15) is 17.3 Å². The van der Waals surface area contributed by atoms with Gasteiger partial charge in [-0.1, -0.05) is 6.92 Å². The summed E-state index contributed by atoms with van der Waals surface area (Å²) in [7, 11) is 0. The Hall–Kier alpha value is -2.85. The number of alkyl halides is 3. The van der Waals surface area contributed by atoms with E-state index >= 15 is 0 Å². The van der Waals surface area contributed by atoms with Crippen molar-refractivity contribution in [2.75, 3.05) is 13.2 Å². The van der Waals surface area contributed by atoms with Crippen molar-refractivity contribution in [3.8, 4) is 5.75 Å². The molecule has 0 aliphatic heterocycles. The van der Waals surface area contributed by atoms with Crippen LogP contribution in [0, 0.1) is 16.0 Å². The van der Waals surface area contributed by atoms with Gasteiger partial charge in [-0.15, -0.1) is 0 Å². The number of carbonyl (C=O) groups excluding carboxylic acids is 1. The first-order chi connectivity index (χ1) is 11.0. The van der Waals surface area contributed by atoms with Crippen molar-refractivity contribution >= 4 is 17.6 Å². The van der Waals surface area contributed by atoms with Crippen molar-refractivity contribution in [2.45, 2.75) is 13.1 Å². The van der Waals surface area contributed by atoms with E-state index < -0.39 is 46.8 Å². The van der Waals surface area contributed by atoms with Crippen LogP contribution in [0.15, 0.2) is 18.2 Å². The lowest BCUT2D eigenvalue weighted by atomic mass is 10.1. The zero-order valence-corrected chi connectivity index (χ0v) is 12.3. The number of halogens is 3.